The highest BCUT2D eigenvalue weighted by atomic mass is 32.2. The lowest BCUT2D eigenvalue weighted by molar-refractivity contribution is 0.128. The van der Waals surface area contributed by atoms with E-state index >= 15 is 0 Å². The van der Waals surface area contributed by atoms with Crippen molar-refractivity contribution in [3.8, 4) is 0 Å². The molecular weight excluding hydrogens is 264 g/mol. The Balaban J connectivity index is 2.08. The Morgan fingerprint density at radius 3 is 2.75 bits per heavy atom. The molecule has 0 saturated carbocycles. The molecule has 0 radical (unpaired) electrons. The van der Waals surface area contributed by atoms with E-state index in [1.54, 1.807) is 0 Å². The van der Waals surface area contributed by atoms with Crippen molar-refractivity contribution < 1.29 is 0 Å². The Morgan fingerprint density at radius 1 is 1.35 bits per heavy atom. The predicted octanol–water partition coefficient (Wildman–Crippen LogP) is 3.55. The maximum atomic E-state index is 3.74. The first-order valence-corrected chi connectivity index (χ1v) is 9.08. The van der Waals surface area contributed by atoms with E-state index < -0.39 is 0 Å². The van der Waals surface area contributed by atoms with E-state index in [4.69, 9.17) is 0 Å². The topological polar surface area (TPSA) is 15.3 Å². The normalized spacial score (nSPS) is 25.6. The van der Waals surface area contributed by atoms with Crippen LogP contribution in [-0.2, 0) is 0 Å². The summed E-state index contributed by atoms with van der Waals surface area (Å²) in [5, 5.41) is 4.44. The van der Waals surface area contributed by atoms with Gasteiger partial charge in [-0.15, -0.1) is 0 Å². The highest BCUT2D eigenvalue weighted by molar-refractivity contribution is 7.99. The molecule has 1 aromatic carbocycles. The van der Waals surface area contributed by atoms with Gasteiger partial charge in [-0.25, -0.2) is 0 Å². The summed E-state index contributed by atoms with van der Waals surface area (Å²) in [6, 6.07) is 12.1. The van der Waals surface area contributed by atoms with Gasteiger partial charge in [-0.1, -0.05) is 50.6 Å². The summed E-state index contributed by atoms with van der Waals surface area (Å²) in [4.78, 5) is 2.69. The van der Waals surface area contributed by atoms with Crippen LogP contribution in [0.3, 0.4) is 0 Å². The standard InChI is InChI=1S/C17H28N2S/c1-4-8-16-13-19(12-14(2)20-3)17(11-18-16)15-9-6-5-7-10-15/h5-7,9-10,14,16-18H,4,8,11-13H2,1-3H3. The Bertz CT molecular complexity index is 382. The number of nitrogens with zero attached hydrogens (tertiary/aromatic N) is 1. The third-order valence-electron chi connectivity index (χ3n) is 4.21. The van der Waals surface area contributed by atoms with E-state index in [9.17, 15) is 0 Å². The molecule has 3 atom stereocenters. The number of thioether (sulfide) groups is 1. The summed E-state index contributed by atoms with van der Waals surface area (Å²) in [6.45, 7) is 8.06. The second-order valence-corrected chi connectivity index (χ2v) is 7.10. The van der Waals surface area contributed by atoms with Crippen LogP contribution in [0.5, 0.6) is 0 Å². The first kappa shape index (κ1) is 15.9. The van der Waals surface area contributed by atoms with Gasteiger partial charge in [0.2, 0.25) is 0 Å². The van der Waals surface area contributed by atoms with Crippen molar-refractivity contribution >= 4 is 11.8 Å². The molecule has 1 N–H and O–H groups in total. The van der Waals surface area contributed by atoms with Crippen LogP contribution < -0.4 is 5.32 Å². The first-order valence-electron chi connectivity index (χ1n) is 7.79. The van der Waals surface area contributed by atoms with Gasteiger partial charge in [0.25, 0.3) is 0 Å². The van der Waals surface area contributed by atoms with Crippen LogP contribution in [0.15, 0.2) is 30.3 Å². The average molecular weight is 292 g/mol. The fourth-order valence-electron chi connectivity index (χ4n) is 3.03. The second-order valence-electron chi connectivity index (χ2n) is 5.82. The molecule has 1 aliphatic rings. The lowest BCUT2D eigenvalue weighted by Gasteiger charge is -2.41. The summed E-state index contributed by atoms with van der Waals surface area (Å²) >= 11 is 1.97. The van der Waals surface area contributed by atoms with Gasteiger partial charge in [-0.3, -0.25) is 4.90 Å². The molecule has 0 aromatic heterocycles. The van der Waals surface area contributed by atoms with E-state index in [2.05, 4.69) is 60.7 Å². The molecule has 20 heavy (non-hydrogen) atoms. The summed E-state index contributed by atoms with van der Waals surface area (Å²) in [7, 11) is 0. The number of benzene rings is 1. The van der Waals surface area contributed by atoms with Gasteiger partial charge < -0.3 is 5.32 Å². The second kappa shape index (κ2) is 8.06. The fourth-order valence-corrected chi connectivity index (χ4v) is 3.38. The van der Waals surface area contributed by atoms with Crippen molar-refractivity contribution in [3.05, 3.63) is 35.9 Å². The van der Waals surface area contributed by atoms with Crippen LogP contribution in [0.2, 0.25) is 0 Å². The first-order chi connectivity index (χ1) is 9.74. The Hall–Kier alpha value is -0.510. The molecule has 1 aromatic rings. The van der Waals surface area contributed by atoms with Crippen LogP contribution in [0.1, 0.15) is 38.3 Å². The number of hydrogen-bond donors (Lipinski definition) is 1. The van der Waals surface area contributed by atoms with E-state index in [1.807, 2.05) is 11.8 Å². The quantitative estimate of drug-likeness (QED) is 0.863. The monoisotopic (exact) mass is 292 g/mol. The lowest BCUT2D eigenvalue weighted by Crippen LogP contribution is -2.53. The van der Waals surface area contributed by atoms with Crippen LogP contribution in [-0.4, -0.2) is 42.1 Å². The van der Waals surface area contributed by atoms with Crippen molar-refractivity contribution in [1.29, 1.82) is 0 Å². The van der Waals surface area contributed by atoms with Crippen LogP contribution in [0, 0.1) is 0 Å². The van der Waals surface area contributed by atoms with E-state index in [1.165, 1.54) is 31.5 Å². The predicted molar refractivity (Wildman–Crippen MR) is 90.4 cm³/mol. The highest BCUT2D eigenvalue weighted by Crippen LogP contribution is 2.26. The number of rotatable bonds is 6. The fraction of sp³-hybridized carbons (Fsp3) is 0.647. The molecule has 1 heterocycles. The molecule has 3 unspecified atom stereocenters. The van der Waals surface area contributed by atoms with Crippen molar-refractivity contribution in [2.75, 3.05) is 25.9 Å². The molecular formula is C17H28N2S. The molecule has 1 fully saturated rings. The van der Waals surface area contributed by atoms with Gasteiger partial charge in [0.05, 0.1) is 0 Å². The molecule has 0 spiro atoms. The molecule has 2 rings (SSSR count). The van der Waals surface area contributed by atoms with Crippen molar-refractivity contribution in [1.82, 2.24) is 10.2 Å². The molecule has 0 amide bonds. The Morgan fingerprint density at radius 2 is 2.10 bits per heavy atom. The van der Waals surface area contributed by atoms with E-state index in [0.717, 1.165) is 6.54 Å². The Kier molecular flexibility index (Phi) is 6.40. The third-order valence-corrected chi connectivity index (χ3v) is 5.16. The summed E-state index contributed by atoms with van der Waals surface area (Å²) in [5.41, 5.74) is 1.45. The maximum absolute atomic E-state index is 3.74. The van der Waals surface area contributed by atoms with E-state index in [-0.39, 0.29) is 0 Å². The summed E-state index contributed by atoms with van der Waals surface area (Å²) < 4.78 is 0. The third kappa shape index (κ3) is 4.24. The molecule has 1 aliphatic heterocycles. The van der Waals surface area contributed by atoms with Gasteiger partial charge in [-0.05, 0) is 18.2 Å². The number of nitrogens with one attached hydrogen (secondary N) is 1. The van der Waals surface area contributed by atoms with Crippen molar-refractivity contribution in [2.45, 2.75) is 44.0 Å². The van der Waals surface area contributed by atoms with Gasteiger partial charge in [-0.2, -0.15) is 11.8 Å². The van der Waals surface area contributed by atoms with Crippen molar-refractivity contribution in [2.24, 2.45) is 0 Å². The zero-order valence-electron chi connectivity index (χ0n) is 13.0. The SMILES string of the molecule is CCCC1CN(CC(C)SC)C(c2ccccc2)CN1. The largest absolute Gasteiger partial charge is 0.311 e. The number of hydrogen-bond acceptors (Lipinski definition) is 3. The van der Waals surface area contributed by atoms with Gasteiger partial charge in [0, 0.05) is 37.0 Å². The molecule has 0 bridgehead atoms. The van der Waals surface area contributed by atoms with Crippen LogP contribution >= 0.6 is 11.8 Å². The lowest BCUT2D eigenvalue weighted by atomic mass is 9.99. The van der Waals surface area contributed by atoms with Gasteiger partial charge >= 0.3 is 0 Å². The van der Waals surface area contributed by atoms with Gasteiger partial charge in [0.1, 0.15) is 0 Å². The highest BCUT2D eigenvalue weighted by Gasteiger charge is 2.29. The molecule has 0 aliphatic carbocycles. The Labute approximate surface area is 128 Å². The molecule has 112 valence electrons. The smallest absolute Gasteiger partial charge is 0.0473 e. The minimum Gasteiger partial charge on any atom is -0.311 e. The summed E-state index contributed by atoms with van der Waals surface area (Å²) in [6.07, 6.45) is 4.76. The zero-order valence-corrected chi connectivity index (χ0v) is 13.8. The maximum Gasteiger partial charge on any atom is 0.0473 e. The average Bonchev–Trinajstić information content (AvgIpc) is 2.48. The van der Waals surface area contributed by atoms with Crippen LogP contribution in [0.4, 0.5) is 0 Å². The molecule has 3 heteroatoms. The molecule has 1 saturated heterocycles. The minimum absolute atomic E-state index is 0.527. The van der Waals surface area contributed by atoms with Crippen LogP contribution in [0.25, 0.3) is 0 Å². The summed E-state index contributed by atoms with van der Waals surface area (Å²) in [5.74, 6) is 0. The minimum atomic E-state index is 0.527. The molecule has 2 nitrogen and oxygen atoms in total. The van der Waals surface area contributed by atoms with E-state index in [0.29, 0.717) is 17.3 Å². The zero-order chi connectivity index (χ0) is 14.4. The number of piperazine rings is 1. The van der Waals surface area contributed by atoms with Crippen molar-refractivity contribution in [3.63, 3.8) is 0 Å². The van der Waals surface area contributed by atoms with Gasteiger partial charge in [0.15, 0.2) is 0 Å².